The summed E-state index contributed by atoms with van der Waals surface area (Å²) < 4.78 is 50.2. The Balaban J connectivity index is 0.967. The molecule has 0 radical (unpaired) electrons. The lowest BCUT2D eigenvalue weighted by Gasteiger charge is -2.19. The van der Waals surface area contributed by atoms with E-state index in [1.165, 1.54) is 80.0 Å². The van der Waals surface area contributed by atoms with Crippen LogP contribution in [0.4, 0.5) is 4.79 Å². The fourth-order valence-electron chi connectivity index (χ4n) is 6.33. The second-order valence-electron chi connectivity index (χ2n) is 13.8. The molecule has 0 atom stereocenters. The Kier molecular flexibility index (Phi) is 27.6. The number of carbonyl (C=O) groups is 1. The summed E-state index contributed by atoms with van der Waals surface area (Å²) in [6.45, 7) is 11.5. The van der Waals surface area contributed by atoms with E-state index in [1.54, 1.807) is 11.9 Å². The average molecular weight is 774 g/mol. The number of hydrogen-bond acceptors (Lipinski definition) is 10. The maximum atomic E-state index is 12.6. The molecule has 2 aromatic rings. The van der Waals surface area contributed by atoms with Crippen molar-refractivity contribution in [3.8, 4) is 11.1 Å². The normalized spacial score (nSPS) is 12.3. The molecule has 312 valence electrons. The molecule has 0 bridgehead atoms. The number of hydrogen-bond donors (Lipinski definition) is 0. The van der Waals surface area contributed by atoms with Gasteiger partial charge in [-0.15, -0.1) is 0 Å². The smallest absolute Gasteiger partial charge is 0.409 e. The third-order valence-electron chi connectivity index (χ3n) is 9.47. The Labute approximate surface area is 331 Å². The number of carbonyl (C=O) groups excluding carboxylic acids is 1. The van der Waals surface area contributed by atoms with Crippen molar-refractivity contribution in [3.05, 3.63) is 59.7 Å². The van der Waals surface area contributed by atoms with E-state index in [1.807, 2.05) is 24.3 Å². The van der Waals surface area contributed by atoms with Crippen LogP contribution >= 0.6 is 0 Å². The molecular formula is C44H71NO10. The highest BCUT2D eigenvalue weighted by molar-refractivity contribution is 5.79. The van der Waals surface area contributed by atoms with Crippen LogP contribution in [-0.2, 0) is 42.6 Å². The van der Waals surface area contributed by atoms with E-state index >= 15 is 0 Å². The number of likely N-dealkylation sites (N-methyl/N-ethyl adjacent to an activating group) is 1. The van der Waals surface area contributed by atoms with E-state index in [9.17, 15) is 4.79 Å². The molecule has 0 aromatic heterocycles. The molecule has 0 spiro atoms. The second kappa shape index (κ2) is 32.5. The highest BCUT2D eigenvalue weighted by Gasteiger charge is 2.29. The zero-order valence-corrected chi connectivity index (χ0v) is 34.0. The van der Waals surface area contributed by atoms with Gasteiger partial charge in [0.05, 0.1) is 99.1 Å². The molecule has 0 heterocycles. The van der Waals surface area contributed by atoms with Gasteiger partial charge in [0.25, 0.3) is 0 Å². The van der Waals surface area contributed by atoms with Crippen LogP contribution in [0, 0.1) is 0 Å². The summed E-state index contributed by atoms with van der Waals surface area (Å²) in [6, 6.07) is 16.6. The minimum absolute atomic E-state index is 0.0438. The van der Waals surface area contributed by atoms with Crippen LogP contribution in [0.5, 0.6) is 0 Å². The summed E-state index contributed by atoms with van der Waals surface area (Å²) in [7, 11) is 1.72. The number of amides is 1. The number of benzene rings is 2. The number of unbranched alkanes of at least 4 members (excludes halogenated alkanes) is 9. The fraction of sp³-hybridized carbons (Fsp3) is 0.705. The molecule has 0 N–H and O–H groups in total. The molecular weight excluding hydrogens is 702 g/mol. The van der Waals surface area contributed by atoms with Crippen LogP contribution in [0.1, 0.15) is 88.2 Å². The summed E-state index contributed by atoms with van der Waals surface area (Å²) in [4.78, 5) is 14.2. The van der Waals surface area contributed by atoms with Crippen molar-refractivity contribution in [1.29, 1.82) is 0 Å². The maximum absolute atomic E-state index is 12.6. The van der Waals surface area contributed by atoms with Crippen molar-refractivity contribution in [1.82, 2.24) is 4.90 Å². The van der Waals surface area contributed by atoms with Crippen LogP contribution in [0.3, 0.4) is 0 Å². The Morgan fingerprint density at radius 1 is 0.473 bits per heavy atom. The second-order valence-corrected chi connectivity index (χ2v) is 13.8. The van der Waals surface area contributed by atoms with Crippen molar-refractivity contribution in [2.45, 2.75) is 77.0 Å². The summed E-state index contributed by atoms with van der Waals surface area (Å²) in [6.07, 6.45) is 13.0. The predicted molar refractivity (Wildman–Crippen MR) is 216 cm³/mol. The van der Waals surface area contributed by atoms with Crippen LogP contribution in [-0.4, -0.2) is 137 Å². The van der Waals surface area contributed by atoms with Gasteiger partial charge in [0, 0.05) is 26.1 Å². The lowest BCUT2D eigenvalue weighted by atomic mass is 9.98. The monoisotopic (exact) mass is 774 g/mol. The van der Waals surface area contributed by atoms with Gasteiger partial charge in [0.15, 0.2) is 0 Å². The Hall–Kier alpha value is -2.61. The number of nitrogens with zero attached hydrogens (tertiary/aromatic N) is 1. The van der Waals surface area contributed by atoms with Crippen LogP contribution in [0.2, 0.25) is 0 Å². The molecule has 55 heavy (non-hydrogen) atoms. The molecule has 0 unspecified atom stereocenters. The van der Waals surface area contributed by atoms with Crippen LogP contribution in [0.25, 0.3) is 11.1 Å². The Bertz CT molecular complexity index is 1170. The Morgan fingerprint density at radius 2 is 0.818 bits per heavy atom. The first-order valence-electron chi connectivity index (χ1n) is 20.9. The van der Waals surface area contributed by atoms with Gasteiger partial charge in [-0.2, -0.15) is 0 Å². The molecule has 0 fully saturated rings. The van der Waals surface area contributed by atoms with Crippen molar-refractivity contribution in [3.63, 3.8) is 0 Å². The fourth-order valence-corrected chi connectivity index (χ4v) is 6.33. The van der Waals surface area contributed by atoms with Gasteiger partial charge < -0.3 is 47.5 Å². The first kappa shape index (κ1) is 46.8. The zero-order valence-electron chi connectivity index (χ0n) is 34.0. The molecule has 0 saturated heterocycles. The molecule has 1 amide bonds. The highest BCUT2D eigenvalue weighted by atomic mass is 16.6. The zero-order chi connectivity index (χ0) is 38.9. The third kappa shape index (κ3) is 21.5. The van der Waals surface area contributed by atoms with Gasteiger partial charge in [-0.3, -0.25) is 0 Å². The molecule has 1 aliphatic carbocycles. The van der Waals surface area contributed by atoms with Gasteiger partial charge in [-0.05, 0) is 28.7 Å². The first-order chi connectivity index (χ1) is 27.2. The highest BCUT2D eigenvalue weighted by Crippen LogP contribution is 2.44. The van der Waals surface area contributed by atoms with E-state index < -0.39 is 0 Å². The molecule has 11 heteroatoms. The van der Waals surface area contributed by atoms with Gasteiger partial charge >= 0.3 is 6.09 Å². The van der Waals surface area contributed by atoms with Gasteiger partial charge in [-0.1, -0.05) is 113 Å². The summed E-state index contributed by atoms with van der Waals surface area (Å²) in [5.74, 6) is 0.0438. The molecule has 0 aliphatic heterocycles. The topological polar surface area (TPSA) is 103 Å². The first-order valence-corrected chi connectivity index (χ1v) is 20.9. The van der Waals surface area contributed by atoms with Gasteiger partial charge in [-0.25, -0.2) is 4.79 Å². The number of ether oxygens (including phenoxy) is 9. The van der Waals surface area contributed by atoms with Gasteiger partial charge in [0.1, 0.15) is 6.61 Å². The van der Waals surface area contributed by atoms with Crippen molar-refractivity contribution >= 4 is 6.09 Å². The molecule has 2 aromatic carbocycles. The lowest BCUT2D eigenvalue weighted by Crippen LogP contribution is -2.32. The number of fused-ring (bicyclic) bond motifs is 3. The maximum Gasteiger partial charge on any atom is 0.409 e. The standard InChI is InChI=1S/C44H71NO10/c1-3-4-5-6-7-8-9-10-11-16-22-47-24-26-49-28-30-51-32-34-53-36-37-54-35-33-52-31-29-50-27-25-48-23-21-45(2)44(46)55-38-43-41-19-14-12-17-39(41)40-18-13-15-20-42(40)43/h12-15,17-20,43H,3-11,16,21-38H2,1-2H3. The van der Waals surface area contributed by atoms with E-state index in [2.05, 4.69) is 31.2 Å². The summed E-state index contributed by atoms with van der Waals surface area (Å²) in [5.41, 5.74) is 4.82. The lowest BCUT2D eigenvalue weighted by molar-refractivity contribution is -0.0234. The summed E-state index contributed by atoms with van der Waals surface area (Å²) in [5, 5.41) is 0. The van der Waals surface area contributed by atoms with Crippen molar-refractivity contribution in [2.75, 3.05) is 126 Å². The van der Waals surface area contributed by atoms with Gasteiger partial charge in [0.2, 0.25) is 0 Å². The average Bonchev–Trinajstić information content (AvgIpc) is 3.53. The van der Waals surface area contributed by atoms with Crippen molar-refractivity contribution in [2.24, 2.45) is 0 Å². The van der Waals surface area contributed by atoms with E-state index in [0.717, 1.165) is 13.0 Å². The minimum atomic E-state index is -0.358. The van der Waals surface area contributed by atoms with Crippen LogP contribution < -0.4 is 0 Å². The van der Waals surface area contributed by atoms with E-state index in [4.69, 9.17) is 42.6 Å². The largest absolute Gasteiger partial charge is 0.448 e. The Morgan fingerprint density at radius 3 is 1.24 bits per heavy atom. The molecule has 11 nitrogen and oxygen atoms in total. The molecule has 3 rings (SSSR count). The third-order valence-corrected chi connectivity index (χ3v) is 9.47. The minimum Gasteiger partial charge on any atom is -0.448 e. The molecule has 0 saturated carbocycles. The van der Waals surface area contributed by atoms with E-state index in [-0.39, 0.29) is 12.0 Å². The summed E-state index contributed by atoms with van der Waals surface area (Å²) >= 11 is 0. The molecule has 1 aliphatic rings. The van der Waals surface area contributed by atoms with Crippen molar-refractivity contribution < 1.29 is 47.4 Å². The van der Waals surface area contributed by atoms with Crippen LogP contribution in [0.15, 0.2) is 48.5 Å². The SMILES string of the molecule is CCCCCCCCCCCCOCCOCCOCCOCCOCCOCCOCCOCCN(C)C(=O)OCC1c2ccccc2-c2ccccc21. The quantitative estimate of drug-likeness (QED) is 0.0630. The predicted octanol–water partition coefficient (Wildman–Crippen LogP) is 7.92. The van der Waals surface area contributed by atoms with E-state index in [0.29, 0.717) is 112 Å². The number of rotatable bonds is 37.